The van der Waals surface area contributed by atoms with Crippen LogP contribution in [0.25, 0.3) is 0 Å². The summed E-state index contributed by atoms with van der Waals surface area (Å²) in [5.41, 5.74) is 0. The second-order valence-electron chi connectivity index (χ2n) is 5.61. The molecule has 0 bridgehead atoms. The van der Waals surface area contributed by atoms with E-state index in [1.807, 2.05) is 12.1 Å². The van der Waals surface area contributed by atoms with Crippen molar-refractivity contribution in [1.82, 2.24) is 20.5 Å². The van der Waals surface area contributed by atoms with E-state index in [1.54, 1.807) is 12.4 Å². The third-order valence-electron chi connectivity index (χ3n) is 4.01. The van der Waals surface area contributed by atoms with Crippen LogP contribution in [0, 0.1) is 0 Å². The van der Waals surface area contributed by atoms with Crippen molar-refractivity contribution in [3.05, 3.63) is 24.5 Å². The molecule has 1 unspecified atom stereocenters. The van der Waals surface area contributed by atoms with Crippen LogP contribution in [0.5, 0.6) is 5.75 Å². The van der Waals surface area contributed by atoms with Gasteiger partial charge in [-0.1, -0.05) is 6.92 Å². The smallest absolute Gasteiger partial charge is 0.191 e. The van der Waals surface area contributed by atoms with Crippen molar-refractivity contribution >= 4 is 29.9 Å². The summed E-state index contributed by atoms with van der Waals surface area (Å²) in [6.07, 6.45) is 6.00. The molecule has 1 saturated heterocycles. The zero-order chi connectivity index (χ0) is 16.3. The van der Waals surface area contributed by atoms with E-state index < -0.39 is 0 Å². The lowest BCUT2D eigenvalue weighted by atomic mass is 10.2. The Kier molecular flexibility index (Phi) is 10.7. The SMILES string of the molecule is CCNC(=NCC1CCCN1CC)NCCOc1cccnc1.I. The molecule has 1 fully saturated rings. The van der Waals surface area contributed by atoms with Crippen molar-refractivity contribution in [2.75, 3.05) is 39.3 Å². The highest BCUT2D eigenvalue weighted by molar-refractivity contribution is 14.0. The molecule has 0 spiro atoms. The first-order valence-electron chi connectivity index (χ1n) is 8.62. The minimum atomic E-state index is 0. The normalized spacial score (nSPS) is 18.1. The molecule has 0 saturated carbocycles. The van der Waals surface area contributed by atoms with E-state index in [0.717, 1.165) is 31.3 Å². The summed E-state index contributed by atoms with van der Waals surface area (Å²) in [6.45, 7) is 9.63. The molecule has 1 atom stereocenters. The predicted molar refractivity (Wildman–Crippen MR) is 109 cm³/mol. The molecule has 0 radical (unpaired) electrons. The Labute approximate surface area is 162 Å². The van der Waals surface area contributed by atoms with Crippen LogP contribution in [0.15, 0.2) is 29.5 Å². The van der Waals surface area contributed by atoms with Gasteiger partial charge in [0.1, 0.15) is 12.4 Å². The number of hydrogen-bond acceptors (Lipinski definition) is 4. The number of likely N-dealkylation sites (N-methyl/N-ethyl adjacent to an activating group) is 1. The maximum absolute atomic E-state index is 5.63. The zero-order valence-electron chi connectivity index (χ0n) is 14.7. The Balaban J connectivity index is 0.00000288. The monoisotopic (exact) mass is 447 g/mol. The van der Waals surface area contributed by atoms with E-state index in [0.29, 0.717) is 19.2 Å². The fourth-order valence-electron chi connectivity index (χ4n) is 2.83. The van der Waals surface area contributed by atoms with Gasteiger partial charge >= 0.3 is 0 Å². The molecule has 2 N–H and O–H groups in total. The Morgan fingerprint density at radius 2 is 2.29 bits per heavy atom. The summed E-state index contributed by atoms with van der Waals surface area (Å²) < 4.78 is 5.63. The second kappa shape index (κ2) is 12.3. The third kappa shape index (κ3) is 7.21. The topological polar surface area (TPSA) is 61.8 Å². The van der Waals surface area contributed by atoms with Gasteiger partial charge in [-0.05, 0) is 45.0 Å². The Bertz CT molecular complexity index is 471. The van der Waals surface area contributed by atoms with Gasteiger partial charge in [0, 0.05) is 18.8 Å². The molecule has 136 valence electrons. The first-order chi connectivity index (χ1) is 11.3. The van der Waals surface area contributed by atoms with Crippen LogP contribution in [0.1, 0.15) is 26.7 Å². The van der Waals surface area contributed by atoms with Gasteiger partial charge < -0.3 is 15.4 Å². The molecule has 1 aromatic heterocycles. The lowest BCUT2D eigenvalue weighted by Gasteiger charge is -2.21. The molecule has 6 nitrogen and oxygen atoms in total. The highest BCUT2D eigenvalue weighted by atomic mass is 127. The molecule has 0 aliphatic carbocycles. The van der Waals surface area contributed by atoms with Gasteiger partial charge in [-0.2, -0.15) is 0 Å². The van der Waals surface area contributed by atoms with E-state index in [-0.39, 0.29) is 24.0 Å². The lowest BCUT2D eigenvalue weighted by molar-refractivity contribution is 0.273. The van der Waals surface area contributed by atoms with E-state index in [9.17, 15) is 0 Å². The van der Waals surface area contributed by atoms with Crippen molar-refractivity contribution in [2.24, 2.45) is 4.99 Å². The number of nitrogens with zero attached hydrogens (tertiary/aromatic N) is 3. The highest BCUT2D eigenvalue weighted by Crippen LogP contribution is 2.16. The molecule has 0 aromatic carbocycles. The van der Waals surface area contributed by atoms with E-state index in [1.165, 1.54) is 19.4 Å². The number of rotatable bonds is 8. The summed E-state index contributed by atoms with van der Waals surface area (Å²) in [6, 6.07) is 4.36. The fraction of sp³-hybridized carbons (Fsp3) is 0.647. The molecule has 2 rings (SSSR count). The van der Waals surface area contributed by atoms with Crippen LogP contribution in [-0.4, -0.2) is 61.2 Å². The second-order valence-corrected chi connectivity index (χ2v) is 5.61. The fourth-order valence-corrected chi connectivity index (χ4v) is 2.83. The number of halogens is 1. The van der Waals surface area contributed by atoms with Crippen LogP contribution >= 0.6 is 24.0 Å². The van der Waals surface area contributed by atoms with Gasteiger partial charge in [-0.25, -0.2) is 0 Å². The number of aliphatic imine (C=N–C) groups is 1. The maximum Gasteiger partial charge on any atom is 0.191 e. The van der Waals surface area contributed by atoms with Crippen LogP contribution in [-0.2, 0) is 0 Å². The first kappa shape index (κ1) is 21.0. The Hall–Kier alpha value is -1.09. The molecule has 1 aliphatic rings. The molecule has 24 heavy (non-hydrogen) atoms. The summed E-state index contributed by atoms with van der Waals surface area (Å²) in [7, 11) is 0. The quantitative estimate of drug-likeness (QED) is 0.277. The molecule has 1 aromatic rings. The maximum atomic E-state index is 5.63. The minimum Gasteiger partial charge on any atom is -0.490 e. The predicted octanol–water partition coefficient (Wildman–Crippen LogP) is 2.12. The molecular formula is C17H30IN5O. The molecule has 0 amide bonds. The summed E-state index contributed by atoms with van der Waals surface area (Å²) in [4.78, 5) is 11.3. The summed E-state index contributed by atoms with van der Waals surface area (Å²) >= 11 is 0. The standard InChI is InChI=1S/C17H29N5O.HI/c1-3-19-17(21-13-15-7-6-11-22(15)4-2)20-10-12-23-16-8-5-9-18-14-16;/h5,8-9,14-15H,3-4,6-7,10-13H2,1-2H3,(H2,19,20,21);1H. The van der Waals surface area contributed by atoms with Crippen LogP contribution in [0.3, 0.4) is 0 Å². The number of likely N-dealkylation sites (tertiary alicyclic amines) is 1. The average Bonchev–Trinajstić information content (AvgIpc) is 3.05. The van der Waals surface area contributed by atoms with E-state index in [2.05, 4.69) is 34.4 Å². The lowest BCUT2D eigenvalue weighted by Crippen LogP contribution is -2.40. The summed E-state index contributed by atoms with van der Waals surface area (Å²) in [5, 5.41) is 6.61. The van der Waals surface area contributed by atoms with Crippen LogP contribution < -0.4 is 15.4 Å². The van der Waals surface area contributed by atoms with Crippen molar-refractivity contribution in [2.45, 2.75) is 32.7 Å². The van der Waals surface area contributed by atoms with Gasteiger partial charge in [0.05, 0.1) is 19.3 Å². The van der Waals surface area contributed by atoms with Crippen LogP contribution in [0.4, 0.5) is 0 Å². The molecular weight excluding hydrogens is 417 g/mol. The van der Waals surface area contributed by atoms with Crippen molar-refractivity contribution in [3.63, 3.8) is 0 Å². The van der Waals surface area contributed by atoms with Crippen LogP contribution in [0.2, 0.25) is 0 Å². The largest absolute Gasteiger partial charge is 0.490 e. The molecule has 7 heteroatoms. The number of guanidine groups is 1. The number of nitrogens with one attached hydrogen (secondary N) is 2. The van der Waals surface area contributed by atoms with Crippen molar-refractivity contribution in [3.8, 4) is 5.75 Å². The average molecular weight is 447 g/mol. The highest BCUT2D eigenvalue weighted by Gasteiger charge is 2.22. The number of aromatic nitrogens is 1. The third-order valence-corrected chi connectivity index (χ3v) is 4.01. The Morgan fingerprint density at radius 3 is 3.00 bits per heavy atom. The first-order valence-corrected chi connectivity index (χ1v) is 8.62. The van der Waals surface area contributed by atoms with Gasteiger partial charge in [0.2, 0.25) is 0 Å². The van der Waals surface area contributed by atoms with Crippen molar-refractivity contribution in [1.29, 1.82) is 0 Å². The summed E-state index contributed by atoms with van der Waals surface area (Å²) in [5.74, 6) is 1.66. The molecule has 1 aliphatic heterocycles. The van der Waals surface area contributed by atoms with Gasteiger partial charge in [0.25, 0.3) is 0 Å². The number of pyridine rings is 1. The van der Waals surface area contributed by atoms with E-state index >= 15 is 0 Å². The van der Waals surface area contributed by atoms with E-state index in [4.69, 9.17) is 9.73 Å². The van der Waals surface area contributed by atoms with Gasteiger partial charge in [-0.3, -0.25) is 14.9 Å². The van der Waals surface area contributed by atoms with Crippen molar-refractivity contribution < 1.29 is 4.74 Å². The van der Waals surface area contributed by atoms with Gasteiger partial charge in [0.15, 0.2) is 5.96 Å². The Morgan fingerprint density at radius 1 is 1.42 bits per heavy atom. The number of ether oxygens (including phenoxy) is 1. The zero-order valence-corrected chi connectivity index (χ0v) is 17.0. The minimum absolute atomic E-state index is 0. The molecule has 2 heterocycles. The number of hydrogen-bond donors (Lipinski definition) is 2. The van der Waals surface area contributed by atoms with Gasteiger partial charge in [-0.15, -0.1) is 24.0 Å².